The van der Waals surface area contributed by atoms with Crippen LogP contribution in [0.2, 0.25) is 0 Å². The molecule has 0 saturated carbocycles. The summed E-state index contributed by atoms with van der Waals surface area (Å²) in [5.41, 5.74) is 7.68. The van der Waals surface area contributed by atoms with E-state index < -0.39 is 0 Å². The average Bonchev–Trinajstić information content (AvgIpc) is 3.44. The van der Waals surface area contributed by atoms with E-state index >= 15 is 0 Å². The van der Waals surface area contributed by atoms with Gasteiger partial charge in [-0.3, -0.25) is 9.55 Å². The molecule has 36 heavy (non-hydrogen) atoms. The SMILES string of the molecule is COc1cccc(-n2c3cccnc3c3nc4c(cc32)c2ccccc2n4-c2cccc(OC)c2)c1. The first kappa shape index (κ1) is 20.5. The molecule has 0 radical (unpaired) electrons. The van der Waals surface area contributed by atoms with Gasteiger partial charge in [-0.2, -0.15) is 0 Å². The van der Waals surface area contributed by atoms with Gasteiger partial charge in [0.15, 0.2) is 0 Å². The molecule has 7 aromatic rings. The van der Waals surface area contributed by atoms with E-state index in [0.717, 1.165) is 66.9 Å². The van der Waals surface area contributed by atoms with Crippen molar-refractivity contribution in [2.45, 2.75) is 0 Å². The number of ether oxygens (including phenoxy) is 2. The van der Waals surface area contributed by atoms with Crippen molar-refractivity contribution in [2.24, 2.45) is 0 Å². The van der Waals surface area contributed by atoms with Gasteiger partial charge in [0.25, 0.3) is 0 Å². The standard InChI is InChI=1S/C30H22N4O2/c1-35-21-10-5-8-19(16-21)33-26-14-7-15-31-28(26)29-27(33)18-24-23-12-3-4-13-25(23)34(30(24)32-29)20-9-6-11-22(17-20)36-2/h3-18H,1-2H3. The third-order valence-electron chi connectivity index (χ3n) is 6.74. The van der Waals surface area contributed by atoms with E-state index in [2.05, 4.69) is 57.7 Å². The van der Waals surface area contributed by atoms with Crippen molar-refractivity contribution in [3.8, 4) is 22.9 Å². The predicted octanol–water partition coefficient (Wildman–Crippen LogP) is 6.69. The molecular formula is C30H22N4O2. The van der Waals surface area contributed by atoms with Crippen LogP contribution < -0.4 is 9.47 Å². The van der Waals surface area contributed by atoms with Crippen molar-refractivity contribution in [3.63, 3.8) is 0 Å². The molecule has 4 heterocycles. The first-order chi connectivity index (χ1) is 17.8. The van der Waals surface area contributed by atoms with Crippen molar-refractivity contribution in [1.82, 2.24) is 19.1 Å². The van der Waals surface area contributed by atoms with Crippen molar-refractivity contribution in [3.05, 3.63) is 97.2 Å². The molecule has 0 aliphatic rings. The third kappa shape index (κ3) is 2.91. The minimum Gasteiger partial charge on any atom is -0.497 e. The minimum absolute atomic E-state index is 0.801. The summed E-state index contributed by atoms with van der Waals surface area (Å²) in [6.07, 6.45) is 1.82. The molecule has 0 amide bonds. The number of hydrogen-bond donors (Lipinski definition) is 0. The van der Waals surface area contributed by atoms with E-state index in [-0.39, 0.29) is 0 Å². The molecule has 0 saturated heterocycles. The second-order valence-electron chi connectivity index (χ2n) is 8.69. The Morgan fingerprint density at radius 2 is 1.28 bits per heavy atom. The fraction of sp³-hybridized carbons (Fsp3) is 0.0667. The second kappa shape index (κ2) is 7.85. The topological polar surface area (TPSA) is 54.1 Å². The predicted molar refractivity (Wildman–Crippen MR) is 144 cm³/mol. The normalized spacial score (nSPS) is 11.6. The van der Waals surface area contributed by atoms with Crippen LogP contribution in [0.3, 0.4) is 0 Å². The largest absolute Gasteiger partial charge is 0.497 e. The van der Waals surface area contributed by atoms with Gasteiger partial charge in [0.2, 0.25) is 0 Å². The number of hydrogen-bond acceptors (Lipinski definition) is 4. The van der Waals surface area contributed by atoms with Gasteiger partial charge in [-0.15, -0.1) is 0 Å². The minimum atomic E-state index is 0.801. The summed E-state index contributed by atoms with van der Waals surface area (Å²) in [6.45, 7) is 0. The van der Waals surface area contributed by atoms with Crippen molar-refractivity contribution >= 4 is 44.0 Å². The zero-order valence-electron chi connectivity index (χ0n) is 19.8. The Kier molecular flexibility index (Phi) is 4.48. The van der Waals surface area contributed by atoms with E-state index in [0.29, 0.717) is 0 Å². The first-order valence-corrected chi connectivity index (χ1v) is 11.7. The first-order valence-electron chi connectivity index (χ1n) is 11.7. The maximum atomic E-state index is 5.52. The summed E-state index contributed by atoms with van der Waals surface area (Å²) in [5.74, 6) is 1.60. The lowest BCUT2D eigenvalue weighted by atomic mass is 10.2. The summed E-state index contributed by atoms with van der Waals surface area (Å²) >= 11 is 0. The highest BCUT2D eigenvalue weighted by Crippen LogP contribution is 2.37. The number of benzene rings is 3. The number of aromatic nitrogens is 4. The molecular weight excluding hydrogens is 448 g/mol. The molecule has 6 nitrogen and oxygen atoms in total. The number of pyridine rings is 2. The van der Waals surface area contributed by atoms with E-state index in [1.165, 1.54) is 0 Å². The Morgan fingerprint density at radius 3 is 2.03 bits per heavy atom. The monoisotopic (exact) mass is 470 g/mol. The summed E-state index contributed by atoms with van der Waals surface area (Å²) in [5, 5.41) is 2.22. The van der Waals surface area contributed by atoms with Crippen LogP contribution in [0, 0.1) is 0 Å². The molecule has 0 bridgehead atoms. The number of nitrogens with zero attached hydrogens (tertiary/aromatic N) is 4. The van der Waals surface area contributed by atoms with Crippen LogP contribution in [0.4, 0.5) is 0 Å². The molecule has 4 aromatic heterocycles. The fourth-order valence-corrected chi connectivity index (χ4v) is 5.15. The van der Waals surface area contributed by atoms with Crippen LogP contribution >= 0.6 is 0 Å². The second-order valence-corrected chi connectivity index (χ2v) is 8.69. The molecule has 0 N–H and O–H groups in total. The lowest BCUT2D eigenvalue weighted by molar-refractivity contribution is 0.414. The summed E-state index contributed by atoms with van der Waals surface area (Å²) in [7, 11) is 3.37. The fourth-order valence-electron chi connectivity index (χ4n) is 5.15. The third-order valence-corrected chi connectivity index (χ3v) is 6.74. The van der Waals surface area contributed by atoms with E-state index in [1.807, 2.05) is 48.7 Å². The number of rotatable bonds is 4. The molecule has 0 spiro atoms. The van der Waals surface area contributed by atoms with Crippen molar-refractivity contribution in [2.75, 3.05) is 14.2 Å². The van der Waals surface area contributed by atoms with Crippen molar-refractivity contribution in [1.29, 1.82) is 0 Å². The zero-order chi connectivity index (χ0) is 24.2. The van der Waals surface area contributed by atoms with Crippen LogP contribution in [-0.4, -0.2) is 33.3 Å². The van der Waals surface area contributed by atoms with Gasteiger partial charge in [-0.05, 0) is 48.5 Å². The highest BCUT2D eigenvalue weighted by Gasteiger charge is 2.20. The maximum absolute atomic E-state index is 5.52. The van der Waals surface area contributed by atoms with Crippen molar-refractivity contribution < 1.29 is 9.47 Å². The van der Waals surface area contributed by atoms with Crippen LogP contribution in [0.25, 0.3) is 55.4 Å². The summed E-state index contributed by atoms with van der Waals surface area (Å²) < 4.78 is 15.4. The number of methoxy groups -OCH3 is 2. The highest BCUT2D eigenvalue weighted by molar-refractivity contribution is 6.15. The van der Waals surface area contributed by atoms with Gasteiger partial charge in [0, 0.05) is 34.8 Å². The van der Waals surface area contributed by atoms with Gasteiger partial charge in [0.1, 0.15) is 28.2 Å². The van der Waals surface area contributed by atoms with Gasteiger partial charge >= 0.3 is 0 Å². The van der Waals surface area contributed by atoms with Gasteiger partial charge < -0.3 is 14.0 Å². The van der Waals surface area contributed by atoms with E-state index in [4.69, 9.17) is 19.4 Å². The number of fused-ring (bicyclic) bond motifs is 6. The van der Waals surface area contributed by atoms with Gasteiger partial charge in [-0.1, -0.05) is 30.3 Å². The lowest BCUT2D eigenvalue weighted by Gasteiger charge is -2.10. The maximum Gasteiger partial charge on any atom is 0.146 e. The van der Waals surface area contributed by atoms with E-state index in [9.17, 15) is 0 Å². The van der Waals surface area contributed by atoms with Crippen LogP contribution in [0.1, 0.15) is 0 Å². The van der Waals surface area contributed by atoms with Crippen LogP contribution in [-0.2, 0) is 0 Å². The Balaban J connectivity index is 1.64. The molecule has 174 valence electrons. The molecule has 0 aliphatic heterocycles. The molecule has 6 heteroatoms. The molecule has 0 unspecified atom stereocenters. The van der Waals surface area contributed by atoms with Crippen LogP contribution in [0.5, 0.6) is 11.5 Å². The Bertz CT molecular complexity index is 1790. The Labute approximate surface area is 207 Å². The zero-order valence-corrected chi connectivity index (χ0v) is 19.8. The smallest absolute Gasteiger partial charge is 0.146 e. The number of para-hydroxylation sites is 1. The van der Waals surface area contributed by atoms with E-state index in [1.54, 1.807) is 14.2 Å². The molecule has 0 fully saturated rings. The average molecular weight is 471 g/mol. The Morgan fingerprint density at radius 1 is 0.583 bits per heavy atom. The molecule has 0 atom stereocenters. The van der Waals surface area contributed by atoms with Gasteiger partial charge in [0.05, 0.1) is 36.5 Å². The summed E-state index contributed by atoms with van der Waals surface area (Å²) in [4.78, 5) is 10.0. The summed E-state index contributed by atoms with van der Waals surface area (Å²) in [6, 6.07) is 30.8. The molecule has 0 aliphatic carbocycles. The quantitative estimate of drug-likeness (QED) is 0.288. The molecule has 7 rings (SSSR count). The lowest BCUT2D eigenvalue weighted by Crippen LogP contribution is -1.97. The Hall–Kier alpha value is -4.84. The molecule has 3 aromatic carbocycles. The van der Waals surface area contributed by atoms with Crippen LogP contribution in [0.15, 0.2) is 97.2 Å². The van der Waals surface area contributed by atoms with Gasteiger partial charge in [-0.25, -0.2) is 4.98 Å². The highest BCUT2D eigenvalue weighted by atomic mass is 16.5.